The Hall–Kier alpha value is -2.68. The van der Waals surface area contributed by atoms with Crippen LogP contribution in [0.4, 0.5) is 10.1 Å². The van der Waals surface area contributed by atoms with Gasteiger partial charge in [0.15, 0.2) is 0 Å². The van der Waals surface area contributed by atoms with Crippen LogP contribution in [0.2, 0.25) is 0 Å². The van der Waals surface area contributed by atoms with Crippen LogP contribution in [0.15, 0.2) is 72.8 Å². The van der Waals surface area contributed by atoms with Crippen molar-refractivity contribution >= 4 is 34.0 Å². The Balaban J connectivity index is 1.21. The highest BCUT2D eigenvalue weighted by atomic mass is 31.2. The minimum atomic E-state index is -4.36. The molecule has 0 spiro atoms. The first-order valence-corrected chi connectivity index (χ1v) is 18.0. The number of nitrogens with one attached hydrogen (secondary N) is 1. The molecule has 46 heavy (non-hydrogen) atoms. The minimum Gasteiger partial charge on any atom is -0.494 e. The van der Waals surface area contributed by atoms with E-state index in [1.54, 1.807) is 12.1 Å². The van der Waals surface area contributed by atoms with Crippen molar-refractivity contribution in [2.24, 2.45) is 5.92 Å². The molecule has 4 atom stereocenters. The zero-order valence-corrected chi connectivity index (χ0v) is 28.0. The number of hydrogen-bond donors (Lipinski definition) is 4. The Morgan fingerprint density at radius 3 is 2.17 bits per heavy atom. The number of aliphatic hydroxyl groups excluding tert-OH is 1. The number of carbonyl (C=O) groups is 1. The van der Waals surface area contributed by atoms with Crippen molar-refractivity contribution in [1.29, 1.82) is 0 Å². The smallest absolute Gasteiger partial charge is 0.469 e. The molecule has 1 heterocycles. The van der Waals surface area contributed by atoms with Gasteiger partial charge in [0, 0.05) is 5.69 Å². The van der Waals surface area contributed by atoms with Crippen LogP contribution in [-0.4, -0.2) is 47.1 Å². The number of aliphatic hydroxyl groups is 1. The number of ether oxygens (including phenoxy) is 1. The molecule has 0 aliphatic carbocycles. The molecule has 9 nitrogen and oxygen atoms in total. The normalized spacial score (nSPS) is 17.2. The number of phosphoric ester groups is 1. The van der Waals surface area contributed by atoms with Crippen LogP contribution >= 0.6 is 17.1 Å². The molecule has 4 N–H and O–H groups in total. The van der Waals surface area contributed by atoms with E-state index in [0.717, 1.165) is 67.5 Å². The monoisotopic (exact) mass is 674 g/mol. The van der Waals surface area contributed by atoms with Crippen LogP contribution in [-0.2, 0) is 13.9 Å². The number of rotatable bonds is 20. The highest BCUT2D eigenvalue weighted by Gasteiger charge is 2.48. The molecule has 0 radical (unpaired) electrons. The Bertz CT molecular complexity index is 1400. The van der Waals surface area contributed by atoms with Crippen LogP contribution in [0.3, 0.4) is 0 Å². The second kappa shape index (κ2) is 18.0. The Kier molecular flexibility index (Phi) is 14.2. The van der Waals surface area contributed by atoms with Gasteiger partial charge in [-0.1, -0.05) is 49.2 Å². The van der Waals surface area contributed by atoms with E-state index in [2.05, 4.69) is 19.1 Å². The molecular formula is C34H45FN2O7P2. The van der Waals surface area contributed by atoms with Gasteiger partial charge >= 0.3 is 7.82 Å². The molecule has 0 bridgehead atoms. The molecule has 3 aromatic carbocycles. The van der Waals surface area contributed by atoms with E-state index >= 15 is 0 Å². The minimum absolute atomic E-state index is 0.0227. The topological polar surface area (TPSA) is 129 Å². The van der Waals surface area contributed by atoms with Crippen molar-refractivity contribution in [3.63, 3.8) is 0 Å². The molecule has 0 saturated carbocycles. The van der Waals surface area contributed by atoms with Gasteiger partial charge in [0.1, 0.15) is 11.6 Å². The number of nitrogens with zero attached hydrogens (tertiary/aromatic N) is 1. The van der Waals surface area contributed by atoms with Crippen LogP contribution < -0.4 is 20.3 Å². The highest BCUT2D eigenvalue weighted by molar-refractivity contribution is 7.46. The third-order valence-electron chi connectivity index (χ3n) is 8.14. The number of carbonyl (C=O) groups excluding carboxylic acids is 1. The van der Waals surface area contributed by atoms with E-state index in [4.69, 9.17) is 14.5 Å². The van der Waals surface area contributed by atoms with Crippen molar-refractivity contribution in [3.8, 4) is 5.75 Å². The van der Waals surface area contributed by atoms with Crippen LogP contribution in [0.1, 0.15) is 74.6 Å². The molecular weight excluding hydrogens is 629 g/mol. The first kappa shape index (κ1) is 36.2. The van der Waals surface area contributed by atoms with Crippen molar-refractivity contribution in [3.05, 3.63) is 89.7 Å². The lowest BCUT2D eigenvalue weighted by atomic mass is 9.78. The molecule has 4 rings (SSSR count). The Labute approximate surface area is 273 Å². The molecule has 0 aromatic heterocycles. The molecule has 1 saturated heterocycles. The zero-order valence-electron chi connectivity index (χ0n) is 26.0. The summed E-state index contributed by atoms with van der Waals surface area (Å²) in [5, 5.41) is 15.2. The average Bonchev–Trinajstić information content (AvgIpc) is 3.03. The quantitative estimate of drug-likeness (QED) is 0.0657. The van der Waals surface area contributed by atoms with E-state index in [0.29, 0.717) is 31.4 Å². The first-order valence-electron chi connectivity index (χ1n) is 15.9. The first-order chi connectivity index (χ1) is 22.1. The maximum atomic E-state index is 13.4. The van der Waals surface area contributed by atoms with Crippen LogP contribution in [0.5, 0.6) is 5.75 Å². The van der Waals surface area contributed by atoms with Crippen LogP contribution in [0.25, 0.3) is 0 Å². The van der Waals surface area contributed by atoms with Crippen molar-refractivity contribution in [2.75, 3.05) is 31.2 Å². The summed E-state index contributed by atoms with van der Waals surface area (Å²) >= 11 is 0. The van der Waals surface area contributed by atoms with Gasteiger partial charge in [0.25, 0.3) is 0 Å². The molecule has 1 aliphatic rings. The number of unbranched alkanes of at least 4 members (excludes halogenated alkanes) is 4. The van der Waals surface area contributed by atoms with E-state index in [9.17, 15) is 18.9 Å². The third kappa shape index (κ3) is 11.2. The van der Waals surface area contributed by atoms with E-state index in [-0.39, 0.29) is 30.3 Å². The summed E-state index contributed by atoms with van der Waals surface area (Å²) < 4.78 is 34.4. The number of benzene rings is 3. The van der Waals surface area contributed by atoms with Gasteiger partial charge in [-0.15, -0.1) is 9.24 Å². The largest absolute Gasteiger partial charge is 0.494 e. The number of amides is 1. The standard InChI is InChI=1S/C34H45FN2O7P2/c35-27-11-7-25(8-12-27)32(38)20-19-31-33(37(34(31)39)28-13-17-30(45)18-14-28)26-9-15-29(16-10-26)43-23-6-4-22-36-21-3-1-2-5-24-44-46(40,41)42/h7-18,31-33,36,38H,1-6,19-24,45H2,(H2,40,41,42). The van der Waals surface area contributed by atoms with E-state index in [1.807, 2.05) is 53.4 Å². The lowest BCUT2D eigenvalue weighted by Gasteiger charge is -2.48. The van der Waals surface area contributed by atoms with E-state index < -0.39 is 13.9 Å². The van der Waals surface area contributed by atoms with Gasteiger partial charge in [0.2, 0.25) is 5.91 Å². The molecule has 4 unspecified atom stereocenters. The van der Waals surface area contributed by atoms with Gasteiger partial charge in [-0.05, 0) is 104 Å². The van der Waals surface area contributed by atoms with E-state index in [1.165, 1.54) is 12.1 Å². The third-order valence-corrected chi connectivity index (χ3v) is 9.04. The van der Waals surface area contributed by atoms with Gasteiger partial charge in [-0.25, -0.2) is 8.96 Å². The van der Waals surface area contributed by atoms with Gasteiger partial charge < -0.3 is 29.8 Å². The second-order valence-corrected chi connectivity index (χ2v) is 13.5. The van der Waals surface area contributed by atoms with Crippen molar-refractivity contribution in [2.45, 2.75) is 63.5 Å². The Morgan fingerprint density at radius 1 is 0.870 bits per heavy atom. The summed E-state index contributed by atoms with van der Waals surface area (Å²) in [5.74, 6) is 0.156. The predicted molar refractivity (Wildman–Crippen MR) is 181 cm³/mol. The predicted octanol–water partition coefficient (Wildman–Crippen LogP) is 5.96. The maximum Gasteiger partial charge on any atom is 0.469 e. The van der Waals surface area contributed by atoms with Crippen molar-refractivity contribution in [1.82, 2.24) is 5.32 Å². The summed E-state index contributed by atoms with van der Waals surface area (Å²) in [6.45, 7) is 2.47. The molecule has 1 aliphatic heterocycles. The molecule has 250 valence electrons. The summed E-state index contributed by atoms with van der Waals surface area (Å²) in [7, 11) is -1.70. The number of β-lactam (4-membered cyclic amide) rings is 1. The lowest BCUT2D eigenvalue weighted by molar-refractivity contribution is -0.131. The fourth-order valence-corrected chi connectivity index (χ4v) is 6.20. The fraction of sp³-hybridized carbons (Fsp3) is 0.441. The Morgan fingerprint density at radius 2 is 1.50 bits per heavy atom. The summed E-state index contributed by atoms with van der Waals surface area (Å²) in [6.07, 6.45) is 5.49. The highest BCUT2D eigenvalue weighted by Crippen LogP contribution is 2.46. The second-order valence-electron chi connectivity index (χ2n) is 11.6. The van der Waals surface area contributed by atoms with Gasteiger partial charge in [-0.2, -0.15) is 0 Å². The summed E-state index contributed by atoms with van der Waals surface area (Å²) in [6, 6.07) is 21.3. The summed E-state index contributed by atoms with van der Waals surface area (Å²) in [4.78, 5) is 32.5. The lowest BCUT2D eigenvalue weighted by Crippen LogP contribution is -2.55. The number of halogens is 1. The number of anilines is 1. The number of phosphoric acid groups is 1. The van der Waals surface area contributed by atoms with Crippen molar-refractivity contribution < 1.29 is 37.9 Å². The molecule has 3 aromatic rings. The number of hydrogen-bond acceptors (Lipinski definition) is 6. The molecule has 1 fully saturated rings. The summed E-state index contributed by atoms with van der Waals surface area (Å²) in [5.41, 5.74) is 2.47. The maximum absolute atomic E-state index is 13.4. The van der Waals surface area contributed by atoms with Gasteiger partial charge in [-0.3, -0.25) is 9.32 Å². The SMILES string of the molecule is O=C1C(CCC(O)c2ccc(F)cc2)C(c2ccc(OCCCCNCCCCCCOP(=O)(O)O)cc2)N1c1ccc(P)cc1. The average molecular weight is 675 g/mol. The molecule has 1 amide bonds. The fourth-order valence-electron chi connectivity index (χ4n) is 5.64. The van der Waals surface area contributed by atoms with Gasteiger partial charge in [0.05, 0.1) is 31.3 Å². The van der Waals surface area contributed by atoms with Crippen LogP contribution in [0, 0.1) is 11.7 Å². The zero-order chi connectivity index (χ0) is 32.9. The molecule has 12 heteroatoms.